The highest BCUT2D eigenvalue weighted by Crippen LogP contribution is 2.31. The second-order valence-electron chi connectivity index (χ2n) is 5.62. The van der Waals surface area contributed by atoms with Crippen LogP contribution in [0.2, 0.25) is 0 Å². The van der Waals surface area contributed by atoms with Crippen molar-refractivity contribution in [1.82, 2.24) is 4.98 Å². The molecule has 0 bridgehead atoms. The van der Waals surface area contributed by atoms with Crippen molar-refractivity contribution in [2.24, 2.45) is 0 Å². The average Bonchev–Trinajstić information content (AvgIpc) is 2.74. The minimum Gasteiger partial charge on any atom is -0.371 e. The zero-order valence-corrected chi connectivity index (χ0v) is 11.8. The summed E-state index contributed by atoms with van der Waals surface area (Å²) in [5.41, 5.74) is -1.15. The number of pyridine rings is 1. The van der Waals surface area contributed by atoms with E-state index in [9.17, 15) is 13.2 Å². The number of nitrogens with one attached hydrogen (secondary N) is 1. The topological polar surface area (TPSA) is 57.9 Å². The molecule has 2 rings (SSSR count). The van der Waals surface area contributed by atoms with Gasteiger partial charge in [-0.25, -0.2) is 4.98 Å². The van der Waals surface area contributed by atoms with Crippen LogP contribution in [-0.2, 0) is 10.9 Å². The second kappa shape index (κ2) is 5.53. The van der Waals surface area contributed by atoms with Crippen LogP contribution in [0.4, 0.5) is 19.0 Å². The molecule has 21 heavy (non-hydrogen) atoms. The SMILES string of the molecule is CC1(C)CCC(CNc2nc(C(F)(F)F)ccc2C#N)O1. The number of anilines is 1. The third kappa shape index (κ3) is 3.85. The molecule has 4 nitrogen and oxygen atoms in total. The average molecular weight is 299 g/mol. The van der Waals surface area contributed by atoms with Gasteiger partial charge in [-0.1, -0.05) is 0 Å². The number of halogens is 3. The largest absolute Gasteiger partial charge is 0.433 e. The van der Waals surface area contributed by atoms with E-state index in [2.05, 4.69) is 10.3 Å². The van der Waals surface area contributed by atoms with Gasteiger partial charge in [0.15, 0.2) is 0 Å². The Morgan fingerprint density at radius 3 is 2.71 bits per heavy atom. The van der Waals surface area contributed by atoms with Crippen LogP contribution in [0.5, 0.6) is 0 Å². The second-order valence-corrected chi connectivity index (χ2v) is 5.62. The van der Waals surface area contributed by atoms with Crippen LogP contribution in [0.15, 0.2) is 12.1 Å². The molecular formula is C14H16F3N3O. The molecule has 1 saturated heterocycles. The molecule has 1 atom stereocenters. The molecule has 114 valence electrons. The van der Waals surface area contributed by atoms with Gasteiger partial charge < -0.3 is 10.1 Å². The lowest BCUT2D eigenvalue weighted by Crippen LogP contribution is -2.25. The van der Waals surface area contributed by atoms with E-state index in [1.54, 1.807) is 0 Å². The summed E-state index contributed by atoms with van der Waals surface area (Å²) in [4.78, 5) is 3.50. The Hall–Kier alpha value is -1.81. The van der Waals surface area contributed by atoms with Gasteiger partial charge >= 0.3 is 6.18 Å². The minimum absolute atomic E-state index is 0.0550. The molecule has 1 aromatic rings. The highest BCUT2D eigenvalue weighted by molar-refractivity contribution is 5.52. The van der Waals surface area contributed by atoms with E-state index in [0.29, 0.717) is 6.54 Å². The maximum Gasteiger partial charge on any atom is 0.433 e. The van der Waals surface area contributed by atoms with E-state index in [0.717, 1.165) is 25.0 Å². The predicted octanol–water partition coefficient (Wildman–Crippen LogP) is 3.34. The van der Waals surface area contributed by atoms with E-state index in [-0.39, 0.29) is 23.1 Å². The van der Waals surface area contributed by atoms with Gasteiger partial charge in [0, 0.05) is 6.54 Å². The molecule has 7 heteroatoms. The normalized spacial score (nSPS) is 21.0. The Morgan fingerprint density at radius 1 is 1.48 bits per heavy atom. The van der Waals surface area contributed by atoms with Crippen molar-refractivity contribution >= 4 is 5.82 Å². The fourth-order valence-electron chi connectivity index (χ4n) is 2.27. The Morgan fingerprint density at radius 2 is 2.19 bits per heavy atom. The lowest BCUT2D eigenvalue weighted by Gasteiger charge is -2.20. The highest BCUT2D eigenvalue weighted by atomic mass is 19.4. The van der Waals surface area contributed by atoms with Crippen LogP contribution in [0.3, 0.4) is 0 Å². The maximum absolute atomic E-state index is 12.6. The zero-order valence-electron chi connectivity index (χ0n) is 11.8. The van der Waals surface area contributed by atoms with Gasteiger partial charge in [0.05, 0.1) is 17.3 Å². The van der Waals surface area contributed by atoms with Crippen LogP contribution in [0, 0.1) is 11.3 Å². The summed E-state index contributed by atoms with van der Waals surface area (Å²) in [6.45, 7) is 4.26. The Balaban J connectivity index is 2.10. The summed E-state index contributed by atoms with van der Waals surface area (Å²) in [7, 11) is 0. The summed E-state index contributed by atoms with van der Waals surface area (Å²) in [6.07, 6.45) is -2.92. The lowest BCUT2D eigenvalue weighted by molar-refractivity contribution is -0.141. The van der Waals surface area contributed by atoms with Gasteiger partial charge in [-0.3, -0.25) is 0 Å². The van der Waals surface area contributed by atoms with E-state index >= 15 is 0 Å². The molecule has 2 heterocycles. The van der Waals surface area contributed by atoms with Crippen molar-refractivity contribution in [2.75, 3.05) is 11.9 Å². The molecule has 1 aromatic heterocycles. The van der Waals surface area contributed by atoms with Gasteiger partial charge in [0.1, 0.15) is 17.6 Å². The minimum atomic E-state index is -4.53. The van der Waals surface area contributed by atoms with E-state index in [1.807, 2.05) is 19.9 Å². The first-order chi connectivity index (χ1) is 9.71. The number of hydrogen-bond donors (Lipinski definition) is 1. The molecule has 0 aromatic carbocycles. The molecule has 1 unspecified atom stereocenters. The molecule has 0 saturated carbocycles. The molecule has 0 amide bonds. The smallest absolute Gasteiger partial charge is 0.371 e. The fourth-order valence-corrected chi connectivity index (χ4v) is 2.27. The monoisotopic (exact) mass is 299 g/mol. The number of hydrogen-bond acceptors (Lipinski definition) is 4. The maximum atomic E-state index is 12.6. The van der Waals surface area contributed by atoms with Crippen molar-refractivity contribution < 1.29 is 17.9 Å². The molecule has 0 radical (unpaired) electrons. The first kappa shape index (κ1) is 15.6. The van der Waals surface area contributed by atoms with Crippen LogP contribution >= 0.6 is 0 Å². The standard InChI is InChI=1S/C14H16F3N3O/c1-13(2)6-5-10(21-13)8-19-12-9(7-18)3-4-11(20-12)14(15,16)17/h3-4,10H,5-6,8H2,1-2H3,(H,19,20). The lowest BCUT2D eigenvalue weighted by atomic mass is 10.1. The van der Waals surface area contributed by atoms with E-state index in [1.165, 1.54) is 0 Å². The molecule has 1 aliphatic rings. The summed E-state index contributed by atoms with van der Waals surface area (Å²) in [5.74, 6) is -0.0550. The van der Waals surface area contributed by atoms with E-state index in [4.69, 9.17) is 10.00 Å². The van der Waals surface area contributed by atoms with Crippen molar-refractivity contribution in [1.29, 1.82) is 5.26 Å². The van der Waals surface area contributed by atoms with Gasteiger partial charge in [0.25, 0.3) is 0 Å². The van der Waals surface area contributed by atoms with Crippen LogP contribution in [-0.4, -0.2) is 23.2 Å². The van der Waals surface area contributed by atoms with Crippen LogP contribution < -0.4 is 5.32 Å². The number of nitriles is 1. The summed E-state index contributed by atoms with van der Waals surface area (Å²) in [6, 6.07) is 3.76. The highest BCUT2D eigenvalue weighted by Gasteiger charge is 2.34. The van der Waals surface area contributed by atoms with Crippen molar-refractivity contribution in [2.45, 2.75) is 44.6 Å². The van der Waals surface area contributed by atoms with Gasteiger partial charge in [-0.2, -0.15) is 18.4 Å². The predicted molar refractivity (Wildman–Crippen MR) is 70.6 cm³/mol. The number of rotatable bonds is 3. The quantitative estimate of drug-likeness (QED) is 0.930. The number of ether oxygens (including phenoxy) is 1. The number of alkyl halides is 3. The Kier molecular flexibility index (Phi) is 4.10. The first-order valence-corrected chi connectivity index (χ1v) is 6.61. The van der Waals surface area contributed by atoms with Crippen molar-refractivity contribution in [3.8, 4) is 6.07 Å². The zero-order chi connectivity index (χ0) is 15.7. The molecule has 1 aliphatic heterocycles. The van der Waals surface area contributed by atoms with Gasteiger partial charge in [0.2, 0.25) is 0 Å². The van der Waals surface area contributed by atoms with Gasteiger partial charge in [-0.15, -0.1) is 0 Å². The van der Waals surface area contributed by atoms with Crippen molar-refractivity contribution in [3.05, 3.63) is 23.4 Å². The fraction of sp³-hybridized carbons (Fsp3) is 0.571. The third-order valence-electron chi connectivity index (χ3n) is 3.36. The molecule has 0 aliphatic carbocycles. The van der Waals surface area contributed by atoms with Crippen LogP contribution in [0.25, 0.3) is 0 Å². The number of nitrogens with zero attached hydrogens (tertiary/aromatic N) is 2. The van der Waals surface area contributed by atoms with Gasteiger partial charge in [-0.05, 0) is 38.8 Å². The molecular weight excluding hydrogens is 283 g/mol. The molecule has 1 N–H and O–H groups in total. The van der Waals surface area contributed by atoms with Crippen LogP contribution in [0.1, 0.15) is 37.9 Å². The molecule has 1 fully saturated rings. The third-order valence-corrected chi connectivity index (χ3v) is 3.36. The summed E-state index contributed by atoms with van der Waals surface area (Å²) >= 11 is 0. The summed E-state index contributed by atoms with van der Waals surface area (Å²) < 4.78 is 43.7. The Labute approximate surface area is 120 Å². The summed E-state index contributed by atoms with van der Waals surface area (Å²) in [5, 5.41) is 11.7. The van der Waals surface area contributed by atoms with E-state index < -0.39 is 11.9 Å². The molecule has 0 spiro atoms. The first-order valence-electron chi connectivity index (χ1n) is 6.61. The Bertz CT molecular complexity index is 564. The number of aromatic nitrogens is 1. The van der Waals surface area contributed by atoms with Crippen molar-refractivity contribution in [3.63, 3.8) is 0 Å².